The van der Waals surface area contributed by atoms with Gasteiger partial charge in [-0.3, -0.25) is 0 Å². The smallest absolute Gasteiger partial charge is 0.435 e. The molecule has 2 aromatic rings. The van der Waals surface area contributed by atoms with Gasteiger partial charge in [0, 0.05) is 10.6 Å². The van der Waals surface area contributed by atoms with E-state index in [1.54, 1.807) is 0 Å². The number of alkyl halides is 5. The van der Waals surface area contributed by atoms with E-state index in [2.05, 4.69) is 9.47 Å². The van der Waals surface area contributed by atoms with E-state index >= 15 is 0 Å². The first kappa shape index (κ1) is 16.4. The molecule has 0 spiro atoms. The molecule has 0 fully saturated rings. The fourth-order valence-corrected chi connectivity index (χ4v) is 2.03. The SMILES string of the molecule is FC(F)Oc1cc(Cl)cc(-c2ccccc2OC(F)(F)F)c1. The zero-order valence-electron chi connectivity index (χ0n) is 10.7. The van der Waals surface area contributed by atoms with Crippen molar-refractivity contribution in [3.05, 3.63) is 47.5 Å². The summed E-state index contributed by atoms with van der Waals surface area (Å²) in [5.41, 5.74) is 0.199. The van der Waals surface area contributed by atoms with E-state index in [9.17, 15) is 22.0 Å². The van der Waals surface area contributed by atoms with Gasteiger partial charge in [0.1, 0.15) is 11.5 Å². The molecule has 22 heavy (non-hydrogen) atoms. The van der Waals surface area contributed by atoms with Crippen LogP contribution in [0.5, 0.6) is 11.5 Å². The van der Waals surface area contributed by atoms with Crippen molar-refractivity contribution in [1.82, 2.24) is 0 Å². The average molecular weight is 339 g/mol. The number of halogens is 6. The molecule has 0 heterocycles. The third-order valence-electron chi connectivity index (χ3n) is 2.52. The lowest BCUT2D eigenvalue weighted by Gasteiger charge is -2.14. The van der Waals surface area contributed by atoms with E-state index in [1.807, 2.05) is 0 Å². The molecule has 0 bridgehead atoms. The van der Waals surface area contributed by atoms with Crippen LogP contribution in [0.25, 0.3) is 11.1 Å². The van der Waals surface area contributed by atoms with Gasteiger partial charge in [0.05, 0.1) is 0 Å². The van der Waals surface area contributed by atoms with Crippen LogP contribution in [0.15, 0.2) is 42.5 Å². The van der Waals surface area contributed by atoms with Crippen molar-refractivity contribution in [2.24, 2.45) is 0 Å². The van der Waals surface area contributed by atoms with Crippen molar-refractivity contribution in [3.63, 3.8) is 0 Å². The van der Waals surface area contributed by atoms with Gasteiger partial charge in [-0.15, -0.1) is 13.2 Å². The Labute approximate surface area is 127 Å². The van der Waals surface area contributed by atoms with E-state index < -0.39 is 18.7 Å². The van der Waals surface area contributed by atoms with E-state index in [4.69, 9.17) is 11.6 Å². The molecule has 2 aromatic carbocycles. The molecule has 118 valence electrons. The molecule has 0 radical (unpaired) electrons. The summed E-state index contributed by atoms with van der Waals surface area (Å²) in [6.07, 6.45) is -4.88. The molecular formula is C14H8ClF5O2. The number of para-hydroxylation sites is 1. The zero-order valence-corrected chi connectivity index (χ0v) is 11.5. The first-order valence-corrected chi connectivity index (χ1v) is 6.23. The molecule has 0 saturated carbocycles. The maximum atomic E-state index is 12.4. The van der Waals surface area contributed by atoms with Crippen LogP contribution in [0.3, 0.4) is 0 Å². The summed E-state index contributed by atoms with van der Waals surface area (Å²) in [7, 11) is 0. The molecule has 8 heteroatoms. The minimum absolute atomic E-state index is 0.0370. The Hall–Kier alpha value is -2.02. The standard InChI is InChI=1S/C14H8ClF5O2/c15-9-5-8(6-10(7-9)21-13(16)17)11-3-1-2-4-12(11)22-14(18,19)20/h1-7,13H. The van der Waals surface area contributed by atoms with Gasteiger partial charge in [-0.1, -0.05) is 29.8 Å². The van der Waals surface area contributed by atoms with Crippen LogP contribution in [-0.2, 0) is 0 Å². The van der Waals surface area contributed by atoms with Gasteiger partial charge in [-0.05, 0) is 29.8 Å². The molecule has 0 aliphatic carbocycles. The Kier molecular flexibility index (Phi) is 4.75. The summed E-state index contributed by atoms with van der Waals surface area (Å²) < 4.78 is 69.8. The lowest BCUT2D eigenvalue weighted by atomic mass is 10.0. The third kappa shape index (κ3) is 4.49. The van der Waals surface area contributed by atoms with Crippen LogP contribution in [0.4, 0.5) is 22.0 Å². The normalized spacial score (nSPS) is 11.6. The highest BCUT2D eigenvalue weighted by Gasteiger charge is 2.32. The third-order valence-corrected chi connectivity index (χ3v) is 2.74. The second-order valence-corrected chi connectivity index (χ2v) is 4.53. The zero-order chi connectivity index (χ0) is 16.3. The summed E-state index contributed by atoms with van der Waals surface area (Å²) in [6.45, 7) is -3.08. The summed E-state index contributed by atoms with van der Waals surface area (Å²) in [5, 5.41) is 0.0370. The molecule has 0 amide bonds. The van der Waals surface area contributed by atoms with E-state index in [0.717, 1.165) is 18.2 Å². The average Bonchev–Trinajstić information content (AvgIpc) is 2.35. The highest BCUT2D eigenvalue weighted by Crippen LogP contribution is 2.36. The number of ether oxygens (including phenoxy) is 2. The molecule has 0 aliphatic rings. The van der Waals surface area contributed by atoms with E-state index in [-0.39, 0.29) is 21.9 Å². The number of benzene rings is 2. The summed E-state index contributed by atoms with van der Waals surface area (Å²) in [4.78, 5) is 0. The van der Waals surface area contributed by atoms with Crippen molar-refractivity contribution >= 4 is 11.6 Å². The van der Waals surface area contributed by atoms with Crippen molar-refractivity contribution in [2.45, 2.75) is 13.0 Å². The maximum Gasteiger partial charge on any atom is 0.573 e. The van der Waals surface area contributed by atoms with Crippen LogP contribution in [0, 0.1) is 0 Å². The summed E-state index contributed by atoms with van der Waals surface area (Å²) in [5.74, 6) is -0.737. The molecule has 2 rings (SSSR count). The molecule has 0 atom stereocenters. The van der Waals surface area contributed by atoms with Crippen LogP contribution >= 0.6 is 11.6 Å². The van der Waals surface area contributed by atoms with Gasteiger partial charge in [0.25, 0.3) is 0 Å². The van der Waals surface area contributed by atoms with Gasteiger partial charge in [0.15, 0.2) is 0 Å². The lowest BCUT2D eigenvalue weighted by Crippen LogP contribution is -2.17. The number of hydrogen-bond donors (Lipinski definition) is 0. The van der Waals surface area contributed by atoms with Crippen LogP contribution < -0.4 is 9.47 Å². The Morgan fingerprint density at radius 1 is 1.00 bits per heavy atom. The van der Waals surface area contributed by atoms with Crippen LogP contribution in [0.2, 0.25) is 5.02 Å². The lowest BCUT2D eigenvalue weighted by molar-refractivity contribution is -0.274. The predicted molar refractivity (Wildman–Crippen MR) is 70.2 cm³/mol. The quantitative estimate of drug-likeness (QED) is 0.685. The van der Waals surface area contributed by atoms with Gasteiger partial charge in [0.2, 0.25) is 0 Å². The van der Waals surface area contributed by atoms with Crippen LogP contribution in [-0.4, -0.2) is 13.0 Å². The largest absolute Gasteiger partial charge is 0.573 e. The molecule has 2 nitrogen and oxygen atoms in total. The van der Waals surface area contributed by atoms with Crippen molar-refractivity contribution in [3.8, 4) is 22.6 Å². The van der Waals surface area contributed by atoms with Gasteiger partial charge in [-0.2, -0.15) is 8.78 Å². The summed E-state index contributed by atoms with van der Waals surface area (Å²) >= 11 is 5.78. The number of hydrogen-bond acceptors (Lipinski definition) is 2. The van der Waals surface area contributed by atoms with Gasteiger partial charge < -0.3 is 9.47 Å². The number of rotatable bonds is 4. The highest BCUT2D eigenvalue weighted by molar-refractivity contribution is 6.31. The second kappa shape index (κ2) is 6.39. The first-order chi connectivity index (χ1) is 10.2. The fourth-order valence-electron chi connectivity index (χ4n) is 1.81. The van der Waals surface area contributed by atoms with Crippen molar-refractivity contribution in [1.29, 1.82) is 0 Å². The van der Waals surface area contributed by atoms with Crippen molar-refractivity contribution < 1.29 is 31.4 Å². The second-order valence-electron chi connectivity index (χ2n) is 4.10. The Bertz CT molecular complexity index is 658. The highest BCUT2D eigenvalue weighted by atomic mass is 35.5. The molecule has 0 aliphatic heterocycles. The minimum Gasteiger partial charge on any atom is -0.435 e. The predicted octanol–water partition coefficient (Wildman–Crippen LogP) is 5.51. The Morgan fingerprint density at radius 2 is 1.68 bits per heavy atom. The molecule has 0 N–H and O–H groups in total. The topological polar surface area (TPSA) is 18.5 Å². The monoisotopic (exact) mass is 338 g/mol. The molecule has 0 saturated heterocycles. The summed E-state index contributed by atoms with van der Waals surface area (Å²) in [6, 6.07) is 8.88. The Morgan fingerprint density at radius 3 is 2.32 bits per heavy atom. The molecule has 0 aromatic heterocycles. The molecule has 0 unspecified atom stereocenters. The van der Waals surface area contributed by atoms with E-state index in [0.29, 0.717) is 0 Å². The maximum absolute atomic E-state index is 12.4. The first-order valence-electron chi connectivity index (χ1n) is 5.85. The van der Waals surface area contributed by atoms with Crippen molar-refractivity contribution in [2.75, 3.05) is 0 Å². The molecular weight excluding hydrogens is 331 g/mol. The van der Waals surface area contributed by atoms with Crippen LogP contribution in [0.1, 0.15) is 0 Å². The minimum atomic E-state index is -4.88. The fraction of sp³-hybridized carbons (Fsp3) is 0.143. The van der Waals surface area contributed by atoms with Gasteiger partial charge >= 0.3 is 13.0 Å². The van der Waals surface area contributed by atoms with E-state index in [1.165, 1.54) is 24.3 Å². The van der Waals surface area contributed by atoms with Gasteiger partial charge in [-0.25, -0.2) is 0 Å². The Balaban J connectivity index is 2.45.